The monoisotopic (exact) mass is 311 g/mol. The smallest absolute Gasteiger partial charge is 0.235 e. The molecule has 20 heavy (non-hydrogen) atoms. The molecule has 0 aromatic heterocycles. The van der Waals surface area contributed by atoms with Gasteiger partial charge in [0, 0.05) is 5.02 Å². The van der Waals surface area contributed by atoms with E-state index in [1.165, 1.54) is 18.2 Å². The largest absolute Gasteiger partial charge is 0.239 e. The van der Waals surface area contributed by atoms with Crippen LogP contribution in [0.25, 0.3) is 0 Å². The molecule has 1 heterocycles. The molecule has 0 N–H and O–H groups in total. The Hall–Kier alpha value is -1.59. The van der Waals surface area contributed by atoms with Gasteiger partial charge in [-0.2, -0.15) is 0 Å². The predicted molar refractivity (Wildman–Crippen MR) is 77.5 cm³/mol. The quantitative estimate of drug-likeness (QED) is 0.808. The third-order valence-corrected chi connectivity index (χ3v) is 5.14. The third-order valence-electron chi connectivity index (χ3n) is 3.24. The molecule has 0 atom stereocenters. The summed E-state index contributed by atoms with van der Waals surface area (Å²) in [6, 6.07) is 10.8. The summed E-state index contributed by atoms with van der Waals surface area (Å²) in [7, 11) is -3.58. The lowest BCUT2D eigenvalue weighted by Crippen LogP contribution is -2.34. The van der Waals surface area contributed by atoms with Crippen LogP contribution < -0.4 is 4.31 Å². The molecule has 0 unspecified atom stereocenters. The minimum atomic E-state index is -3.58. The van der Waals surface area contributed by atoms with E-state index in [4.69, 9.17) is 11.6 Å². The summed E-state index contributed by atoms with van der Waals surface area (Å²) in [5.74, 6) is -0.631. The Morgan fingerprint density at radius 1 is 1.10 bits per heavy atom. The highest BCUT2D eigenvalue weighted by Crippen LogP contribution is 2.38. The van der Waals surface area contributed by atoms with Crippen LogP contribution in [0.5, 0.6) is 0 Å². The second kappa shape index (κ2) is 4.75. The lowest BCUT2D eigenvalue weighted by atomic mass is 10.1. The molecular weight excluding hydrogens is 301 g/mol. The van der Waals surface area contributed by atoms with Crippen LogP contribution in [-0.4, -0.2) is 14.2 Å². The molecule has 0 fully saturated rings. The summed E-state index contributed by atoms with van der Waals surface area (Å²) in [6.45, 7) is 0. The number of hydrogen-bond acceptors (Lipinski definition) is 2. The van der Waals surface area contributed by atoms with E-state index < -0.39 is 15.8 Å². The van der Waals surface area contributed by atoms with E-state index in [2.05, 4.69) is 0 Å². The van der Waals surface area contributed by atoms with E-state index in [9.17, 15) is 12.8 Å². The normalized spacial score (nSPS) is 16.8. The molecule has 3 nitrogen and oxygen atoms in total. The highest BCUT2D eigenvalue weighted by Gasteiger charge is 2.32. The summed E-state index contributed by atoms with van der Waals surface area (Å²) in [5, 5.41) is 0.538. The molecule has 104 valence electrons. The van der Waals surface area contributed by atoms with E-state index in [0.717, 1.165) is 9.87 Å². The maximum atomic E-state index is 14.0. The summed E-state index contributed by atoms with van der Waals surface area (Å²) >= 11 is 5.93. The first-order valence-corrected chi connectivity index (χ1v) is 8.04. The van der Waals surface area contributed by atoms with Crippen molar-refractivity contribution in [1.82, 2.24) is 0 Å². The molecule has 0 bridgehead atoms. The van der Waals surface area contributed by atoms with E-state index in [-0.39, 0.29) is 11.4 Å². The first-order valence-electron chi connectivity index (χ1n) is 6.05. The van der Waals surface area contributed by atoms with Crippen molar-refractivity contribution in [1.29, 1.82) is 0 Å². The Bertz CT molecular complexity index is 776. The van der Waals surface area contributed by atoms with Crippen LogP contribution in [0.1, 0.15) is 5.56 Å². The van der Waals surface area contributed by atoms with Crippen molar-refractivity contribution in [3.05, 3.63) is 58.9 Å². The van der Waals surface area contributed by atoms with Crippen LogP contribution in [0, 0.1) is 5.82 Å². The Kier molecular flexibility index (Phi) is 3.18. The van der Waals surface area contributed by atoms with Gasteiger partial charge >= 0.3 is 0 Å². The van der Waals surface area contributed by atoms with Crippen molar-refractivity contribution in [2.45, 2.75) is 6.42 Å². The zero-order valence-electron chi connectivity index (χ0n) is 10.4. The van der Waals surface area contributed by atoms with Gasteiger partial charge in [-0.05, 0) is 42.3 Å². The molecule has 0 aliphatic carbocycles. The molecule has 3 rings (SSSR count). The number of hydrogen-bond donors (Lipinski definition) is 0. The Labute approximate surface area is 121 Å². The first-order chi connectivity index (χ1) is 9.49. The van der Waals surface area contributed by atoms with Gasteiger partial charge in [0.1, 0.15) is 5.82 Å². The van der Waals surface area contributed by atoms with Gasteiger partial charge in [0.15, 0.2) is 0 Å². The molecule has 0 radical (unpaired) electrons. The summed E-state index contributed by atoms with van der Waals surface area (Å²) < 4.78 is 39.6. The number of nitrogens with zero attached hydrogens (tertiary/aromatic N) is 1. The topological polar surface area (TPSA) is 37.4 Å². The molecule has 0 saturated carbocycles. The first kappa shape index (κ1) is 13.4. The van der Waals surface area contributed by atoms with Gasteiger partial charge in [-0.3, -0.25) is 0 Å². The molecule has 6 heteroatoms. The van der Waals surface area contributed by atoms with Crippen LogP contribution in [0.2, 0.25) is 5.02 Å². The van der Waals surface area contributed by atoms with E-state index in [1.54, 1.807) is 24.3 Å². The number of sulfonamides is 1. The zero-order valence-corrected chi connectivity index (χ0v) is 12.0. The average Bonchev–Trinajstić information content (AvgIpc) is 2.40. The van der Waals surface area contributed by atoms with Crippen LogP contribution in [0.4, 0.5) is 15.8 Å². The van der Waals surface area contributed by atoms with E-state index in [0.29, 0.717) is 17.1 Å². The number of aryl methyl sites for hydroxylation is 1. The summed E-state index contributed by atoms with van der Waals surface area (Å²) in [6.07, 6.45) is 0.378. The molecular formula is C14H11ClFNO2S. The summed E-state index contributed by atoms with van der Waals surface area (Å²) in [4.78, 5) is 0. The molecule has 2 aromatic rings. The molecule has 0 spiro atoms. The van der Waals surface area contributed by atoms with Gasteiger partial charge in [0.25, 0.3) is 0 Å². The van der Waals surface area contributed by atoms with Crippen molar-refractivity contribution < 1.29 is 12.8 Å². The molecule has 1 aliphatic rings. The Balaban J connectivity index is 2.25. The molecule has 2 aromatic carbocycles. The van der Waals surface area contributed by atoms with Crippen LogP contribution >= 0.6 is 11.6 Å². The van der Waals surface area contributed by atoms with Crippen molar-refractivity contribution >= 4 is 33.0 Å². The maximum Gasteiger partial charge on any atom is 0.239 e. The highest BCUT2D eigenvalue weighted by molar-refractivity contribution is 7.93. The molecule has 0 amide bonds. The van der Waals surface area contributed by atoms with Gasteiger partial charge < -0.3 is 0 Å². The van der Waals surface area contributed by atoms with Crippen LogP contribution in [0.3, 0.4) is 0 Å². The Morgan fingerprint density at radius 3 is 2.60 bits per heavy atom. The van der Waals surface area contributed by atoms with Gasteiger partial charge in [-0.15, -0.1) is 0 Å². The predicted octanol–water partition coefficient (Wildman–Crippen LogP) is 3.50. The van der Waals surface area contributed by atoms with Gasteiger partial charge in [0.2, 0.25) is 10.0 Å². The van der Waals surface area contributed by atoms with Crippen LogP contribution in [0.15, 0.2) is 42.5 Å². The maximum absolute atomic E-state index is 14.0. The van der Waals surface area contributed by atoms with Crippen molar-refractivity contribution in [3.8, 4) is 0 Å². The lowest BCUT2D eigenvalue weighted by Gasteiger charge is -2.30. The van der Waals surface area contributed by atoms with Gasteiger partial charge in [0.05, 0.1) is 17.1 Å². The highest BCUT2D eigenvalue weighted by atomic mass is 35.5. The van der Waals surface area contributed by atoms with Crippen LogP contribution in [-0.2, 0) is 16.4 Å². The Morgan fingerprint density at radius 2 is 1.85 bits per heavy atom. The van der Waals surface area contributed by atoms with Crippen molar-refractivity contribution in [2.24, 2.45) is 0 Å². The number of halogens is 2. The minimum Gasteiger partial charge on any atom is -0.235 e. The lowest BCUT2D eigenvalue weighted by molar-refractivity contribution is 0.589. The van der Waals surface area contributed by atoms with Gasteiger partial charge in [-0.1, -0.05) is 23.7 Å². The summed E-state index contributed by atoms with van der Waals surface area (Å²) in [5.41, 5.74) is 1.30. The van der Waals surface area contributed by atoms with Crippen molar-refractivity contribution in [2.75, 3.05) is 10.1 Å². The number of anilines is 2. The fraction of sp³-hybridized carbons (Fsp3) is 0.143. The molecule has 0 saturated heterocycles. The second-order valence-corrected chi connectivity index (χ2v) is 6.93. The van der Waals surface area contributed by atoms with E-state index >= 15 is 0 Å². The van der Waals surface area contributed by atoms with Crippen molar-refractivity contribution in [3.63, 3.8) is 0 Å². The average molecular weight is 312 g/mol. The molecule has 1 aliphatic heterocycles. The number of rotatable bonds is 1. The third kappa shape index (κ3) is 2.17. The minimum absolute atomic E-state index is 0.0378. The SMILES string of the molecule is O=S1(=O)CCc2cc(Cl)ccc2N1c1ccccc1F. The number of para-hydroxylation sites is 1. The van der Waals surface area contributed by atoms with E-state index in [1.807, 2.05) is 0 Å². The number of fused-ring (bicyclic) bond motifs is 1. The fourth-order valence-corrected chi connectivity index (χ4v) is 4.11. The van der Waals surface area contributed by atoms with Gasteiger partial charge in [-0.25, -0.2) is 17.1 Å². The zero-order chi connectivity index (χ0) is 14.3. The number of benzene rings is 2. The standard InChI is InChI=1S/C14H11ClFNO2S/c15-11-5-6-13-10(9-11)7-8-20(18,19)17(13)14-4-2-1-3-12(14)16/h1-6,9H,7-8H2. The fourth-order valence-electron chi connectivity index (χ4n) is 2.33. The second-order valence-electron chi connectivity index (χ2n) is 4.55.